The maximum Gasteiger partial charge on any atom is 0.244 e. The molecule has 114 valence electrons. The van der Waals surface area contributed by atoms with Crippen LogP contribution in [0.15, 0.2) is 40.6 Å². The number of hydrogen-bond acceptors (Lipinski definition) is 5. The van der Waals surface area contributed by atoms with Crippen molar-refractivity contribution in [3.05, 3.63) is 40.6 Å². The highest BCUT2D eigenvalue weighted by Crippen LogP contribution is 2.31. The molecule has 0 aliphatic rings. The minimum absolute atomic E-state index is 0.0598. The Morgan fingerprint density at radius 3 is 2.52 bits per heavy atom. The first-order chi connectivity index (χ1) is 9.84. The largest absolute Gasteiger partial charge is 0.396 e. The highest BCUT2D eigenvalue weighted by Gasteiger charge is 2.22. The molecule has 0 bridgehead atoms. The Morgan fingerprint density at radius 2 is 1.95 bits per heavy atom. The van der Waals surface area contributed by atoms with Gasteiger partial charge in [-0.2, -0.15) is 0 Å². The molecule has 21 heavy (non-hydrogen) atoms. The summed E-state index contributed by atoms with van der Waals surface area (Å²) in [4.78, 5) is 1.28. The SMILES string of the molecule is CC(Nc1cccc(S(=O)(=O)N(C)C)c1N)c1cccs1. The van der Waals surface area contributed by atoms with Crippen molar-refractivity contribution in [1.29, 1.82) is 0 Å². The second-order valence-corrected chi connectivity index (χ2v) is 7.99. The van der Waals surface area contributed by atoms with Crippen molar-refractivity contribution >= 4 is 32.7 Å². The summed E-state index contributed by atoms with van der Waals surface area (Å²) in [5, 5.41) is 5.27. The van der Waals surface area contributed by atoms with Crippen molar-refractivity contribution in [1.82, 2.24) is 4.31 Å². The smallest absolute Gasteiger partial charge is 0.244 e. The highest BCUT2D eigenvalue weighted by molar-refractivity contribution is 7.89. The van der Waals surface area contributed by atoms with E-state index in [4.69, 9.17) is 5.73 Å². The third-order valence-electron chi connectivity index (χ3n) is 3.17. The number of benzene rings is 1. The lowest BCUT2D eigenvalue weighted by atomic mass is 10.2. The summed E-state index contributed by atoms with van der Waals surface area (Å²) in [5.41, 5.74) is 6.91. The van der Waals surface area contributed by atoms with E-state index in [2.05, 4.69) is 5.32 Å². The molecule has 3 N–H and O–H groups in total. The predicted molar refractivity (Wildman–Crippen MR) is 88.1 cm³/mol. The van der Waals surface area contributed by atoms with E-state index >= 15 is 0 Å². The van der Waals surface area contributed by atoms with Gasteiger partial charge in [-0.05, 0) is 30.5 Å². The summed E-state index contributed by atoms with van der Waals surface area (Å²) in [6.07, 6.45) is 0. The van der Waals surface area contributed by atoms with Gasteiger partial charge in [0.15, 0.2) is 0 Å². The van der Waals surface area contributed by atoms with Gasteiger partial charge in [0.05, 0.1) is 17.4 Å². The zero-order valence-corrected chi connectivity index (χ0v) is 13.8. The van der Waals surface area contributed by atoms with Gasteiger partial charge in [-0.3, -0.25) is 0 Å². The minimum Gasteiger partial charge on any atom is -0.396 e. The van der Waals surface area contributed by atoms with Gasteiger partial charge in [0.2, 0.25) is 10.0 Å². The van der Waals surface area contributed by atoms with Crippen LogP contribution >= 0.6 is 11.3 Å². The van der Waals surface area contributed by atoms with Crippen molar-refractivity contribution in [3.63, 3.8) is 0 Å². The van der Waals surface area contributed by atoms with Gasteiger partial charge in [0.25, 0.3) is 0 Å². The van der Waals surface area contributed by atoms with Crippen LogP contribution in [0.25, 0.3) is 0 Å². The van der Waals surface area contributed by atoms with Crippen LogP contribution < -0.4 is 11.1 Å². The first-order valence-corrected chi connectivity index (χ1v) is 8.77. The fourth-order valence-electron chi connectivity index (χ4n) is 1.93. The Hall–Kier alpha value is -1.57. The predicted octanol–water partition coefficient (Wildman–Crippen LogP) is 2.75. The van der Waals surface area contributed by atoms with Crippen molar-refractivity contribution in [2.45, 2.75) is 17.9 Å². The Morgan fingerprint density at radius 1 is 1.24 bits per heavy atom. The number of nitrogens with two attached hydrogens (primary N) is 1. The number of anilines is 2. The standard InChI is InChI=1S/C14H19N3O2S2/c1-10(12-7-5-9-20-12)16-11-6-4-8-13(14(11)15)21(18,19)17(2)3/h4-10,16H,15H2,1-3H3. The molecule has 1 aromatic heterocycles. The number of nitrogens with one attached hydrogen (secondary N) is 1. The van der Waals surface area contributed by atoms with Gasteiger partial charge in [-0.25, -0.2) is 12.7 Å². The molecule has 1 heterocycles. The second kappa shape index (κ2) is 6.05. The molecule has 0 saturated heterocycles. The number of nitrogens with zero attached hydrogens (tertiary/aromatic N) is 1. The van der Waals surface area contributed by atoms with Crippen LogP contribution in [0.2, 0.25) is 0 Å². The van der Waals surface area contributed by atoms with E-state index in [1.165, 1.54) is 20.2 Å². The van der Waals surface area contributed by atoms with Gasteiger partial charge < -0.3 is 11.1 Å². The molecule has 0 amide bonds. The lowest BCUT2D eigenvalue weighted by Crippen LogP contribution is -2.23. The number of sulfonamides is 1. The van der Waals surface area contributed by atoms with E-state index in [-0.39, 0.29) is 16.6 Å². The first-order valence-electron chi connectivity index (χ1n) is 6.45. The lowest BCUT2D eigenvalue weighted by molar-refractivity contribution is 0.521. The minimum atomic E-state index is -3.55. The average molecular weight is 325 g/mol. The summed E-state index contributed by atoms with van der Waals surface area (Å²) in [7, 11) is -0.570. The number of nitrogen functional groups attached to an aromatic ring is 1. The van der Waals surface area contributed by atoms with E-state index in [9.17, 15) is 8.42 Å². The maximum atomic E-state index is 12.2. The summed E-state index contributed by atoms with van der Waals surface area (Å²) < 4.78 is 25.6. The third-order valence-corrected chi connectivity index (χ3v) is 6.09. The van der Waals surface area contributed by atoms with Crippen LogP contribution in [0.4, 0.5) is 11.4 Å². The van der Waals surface area contributed by atoms with Crippen molar-refractivity contribution in [3.8, 4) is 0 Å². The zero-order valence-electron chi connectivity index (χ0n) is 12.2. The van der Waals surface area contributed by atoms with E-state index in [0.717, 1.165) is 9.18 Å². The van der Waals surface area contributed by atoms with Gasteiger partial charge in [-0.15, -0.1) is 11.3 Å². The second-order valence-electron chi connectivity index (χ2n) is 4.89. The monoisotopic (exact) mass is 325 g/mol. The Kier molecular flexibility index (Phi) is 4.55. The van der Waals surface area contributed by atoms with E-state index in [1.54, 1.807) is 23.5 Å². The Labute approximate surface area is 129 Å². The van der Waals surface area contributed by atoms with E-state index in [0.29, 0.717) is 5.69 Å². The summed E-state index contributed by atoms with van der Waals surface area (Å²) >= 11 is 1.64. The molecule has 0 aliphatic heterocycles. The lowest BCUT2D eigenvalue weighted by Gasteiger charge is -2.19. The molecular weight excluding hydrogens is 306 g/mol. The molecule has 7 heteroatoms. The van der Waals surface area contributed by atoms with Crippen molar-refractivity contribution in [2.75, 3.05) is 25.1 Å². The molecule has 2 rings (SSSR count). The molecule has 0 fully saturated rings. The average Bonchev–Trinajstić information content (AvgIpc) is 2.94. The summed E-state index contributed by atoms with van der Waals surface area (Å²) in [6.45, 7) is 2.01. The third kappa shape index (κ3) is 3.20. The fourth-order valence-corrected chi connectivity index (χ4v) is 3.70. The topological polar surface area (TPSA) is 75.4 Å². The van der Waals surface area contributed by atoms with Crippen molar-refractivity contribution < 1.29 is 8.42 Å². The molecule has 0 radical (unpaired) electrons. The van der Waals surface area contributed by atoms with Crippen LogP contribution in [0.1, 0.15) is 17.8 Å². The van der Waals surface area contributed by atoms with Crippen LogP contribution in [0, 0.1) is 0 Å². The summed E-state index contributed by atoms with van der Waals surface area (Å²) in [5.74, 6) is 0. The molecule has 5 nitrogen and oxygen atoms in total. The number of rotatable bonds is 5. The molecule has 0 spiro atoms. The van der Waals surface area contributed by atoms with Crippen molar-refractivity contribution in [2.24, 2.45) is 0 Å². The number of thiophene rings is 1. The quantitative estimate of drug-likeness (QED) is 0.829. The summed E-state index contributed by atoms with van der Waals surface area (Å²) in [6, 6.07) is 9.06. The Bertz CT molecular complexity index is 710. The van der Waals surface area contributed by atoms with Gasteiger partial charge in [0.1, 0.15) is 4.90 Å². The highest BCUT2D eigenvalue weighted by atomic mass is 32.2. The normalized spacial score (nSPS) is 13.3. The number of para-hydroxylation sites is 1. The van der Waals surface area contributed by atoms with Gasteiger partial charge in [-0.1, -0.05) is 12.1 Å². The molecular formula is C14H19N3O2S2. The van der Waals surface area contributed by atoms with E-state index in [1.807, 2.05) is 24.4 Å². The van der Waals surface area contributed by atoms with Crippen LogP contribution in [-0.2, 0) is 10.0 Å². The first kappa shape index (κ1) is 15.8. The zero-order chi connectivity index (χ0) is 15.6. The number of hydrogen-bond donors (Lipinski definition) is 2. The van der Waals surface area contributed by atoms with Gasteiger partial charge >= 0.3 is 0 Å². The maximum absolute atomic E-state index is 12.2. The van der Waals surface area contributed by atoms with Crippen LogP contribution in [0.3, 0.4) is 0 Å². The Balaban J connectivity index is 2.35. The van der Waals surface area contributed by atoms with Crippen LogP contribution in [-0.4, -0.2) is 26.8 Å². The molecule has 0 aliphatic carbocycles. The van der Waals surface area contributed by atoms with Crippen LogP contribution in [0.5, 0.6) is 0 Å². The molecule has 1 atom stereocenters. The molecule has 1 aromatic carbocycles. The van der Waals surface area contributed by atoms with E-state index < -0.39 is 10.0 Å². The fraction of sp³-hybridized carbons (Fsp3) is 0.286. The van der Waals surface area contributed by atoms with Gasteiger partial charge in [0, 0.05) is 19.0 Å². The molecule has 1 unspecified atom stereocenters. The molecule has 0 saturated carbocycles. The molecule has 2 aromatic rings.